The first kappa shape index (κ1) is 72.2. The lowest BCUT2D eigenvalue weighted by Crippen LogP contribution is -2.37. The highest BCUT2D eigenvalue weighted by molar-refractivity contribution is 6.76. The maximum Gasteiger partial charge on any atom is 0.342 e. The fourth-order valence-electron chi connectivity index (χ4n) is 11.3. The topological polar surface area (TPSA) is 249 Å². The third-order valence-electron chi connectivity index (χ3n) is 15.9. The van der Waals surface area contributed by atoms with Gasteiger partial charge in [0.2, 0.25) is 0 Å². The van der Waals surface area contributed by atoms with Crippen LogP contribution in [-0.4, -0.2) is 156 Å². The number of aliphatic hydroxyl groups is 2. The van der Waals surface area contributed by atoms with E-state index in [9.17, 15) is 34.5 Å². The van der Waals surface area contributed by atoms with Crippen molar-refractivity contribution in [2.75, 3.05) is 48.6 Å². The van der Waals surface area contributed by atoms with Crippen LogP contribution < -0.4 is 18.9 Å². The third-order valence-corrected chi connectivity index (χ3v) is 17.6. The molecule has 20 nitrogen and oxygen atoms in total. The van der Waals surface area contributed by atoms with Gasteiger partial charge in [-0.3, -0.25) is 0 Å². The molecule has 8 rings (SSSR count). The highest BCUT2D eigenvalue weighted by Gasteiger charge is 2.47. The molecule has 4 aromatic rings. The normalized spacial score (nSPS) is 23.3. The molecule has 2 unspecified atom stereocenters. The van der Waals surface area contributed by atoms with Crippen molar-refractivity contribution in [3.8, 4) is 23.0 Å². The molecular formula is C71H92O20Si. The number of ether oxygens (including phenoxy) is 13. The largest absolute Gasteiger partial charge is 0.497 e. The summed E-state index contributed by atoms with van der Waals surface area (Å²) in [6.07, 6.45) is 15.4. The summed E-state index contributed by atoms with van der Waals surface area (Å²) >= 11 is 0. The van der Waals surface area contributed by atoms with Crippen LogP contribution in [0.15, 0.2) is 121 Å². The molecule has 4 aromatic carbocycles. The van der Waals surface area contributed by atoms with Crippen LogP contribution in [0.2, 0.25) is 25.7 Å². The van der Waals surface area contributed by atoms with E-state index >= 15 is 0 Å². The molecule has 2 aliphatic heterocycles. The molecule has 4 aliphatic rings. The number of hydrogen-bond acceptors (Lipinski definition) is 19. The first-order valence-electron chi connectivity index (χ1n) is 31.3. The smallest absolute Gasteiger partial charge is 0.342 e. The summed E-state index contributed by atoms with van der Waals surface area (Å²) in [5.41, 5.74) is 1.96. The molecule has 92 heavy (non-hydrogen) atoms. The fourth-order valence-corrected chi connectivity index (χ4v) is 12.0. The van der Waals surface area contributed by atoms with Gasteiger partial charge in [0.1, 0.15) is 58.5 Å². The van der Waals surface area contributed by atoms with E-state index in [1.165, 1.54) is 27.4 Å². The van der Waals surface area contributed by atoms with Crippen molar-refractivity contribution < 1.29 is 96.1 Å². The molecule has 0 aromatic heterocycles. The Kier molecular flexibility index (Phi) is 26.8. The standard InChI is InChI=1S/C38H52O10Si.C33H40O10/c1-38(2)47-32(35(48-38)31(20-19-26-15-11-17-30(26)39)46-36(40)27-13-9-8-10-14-27)18-12-16-28-23-29(43-4)24-33(45-25-42-3)34(28)37(41)44-21-22-49(5,6)7;1-33(2)42-27(15-9-13-23-18-24(39-4)19-28(40-20-38-3)29(23)31(35)36)30(43-33)26(17-16-21-12-8-14-25(21)34)41-32(37)22-10-6-5-7-11-22/h8-10,12-14,16,19-20,23-24,26,30-32,35,39H,11,15,17-18,21-22,25H2,1-7H3;5-7,9-11,13,16-19,21,25-27,30,34H,8,12,14-15,20H2,1-4H3,(H,35,36)/b16-12+,20-19-;13-9+,17-16-/t26-,30+,31?,32-,35+;21-,25+,26?,27-,30+/m00/s1. The molecular weight excluding hydrogens is 1200 g/mol. The SMILES string of the molecule is COCOc1cc(OC)cc(/C=C/C[C@@H]2OC(C)(C)O[C@@H]2C(/C=C\[C@@H]2CCC[C@H]2O)OC(=O)c2ccccc2)c1C(=O)O.COCOc1cc(OC)cc(/C=C/C[C@@H]2OC(C)(C)O[C@@H]2C(/C=C\[C@@H]2CCC[C@H]2O)OC(=O)c2ccccc2)c1C(=O)OCC[Si](C)(C)C. The summed E-state index contributed by atoms with van der Waals surface area (Å²) in [6.45, 7) is 14.0. The average Bonchev–Trinajstić information content (AvgIpc) is 1.55. The molecule has 2 aliphatic carbocycles. The number of carboxylic acid groups (broad SMARTS) is 1. The van der Waals surface area contributed by atoms with Crippen molar-refractivity contribution >= 4 is 44.1 Å². The molecule has 10 atom stereocenters. The molecule has 2 saturated carbocycles. The van der Waals surface area contributed by atoms with Crippen molar-refractivity contribution in [2.24, 2.45) is 11.8 Å². The summed E-state index contributed by atoms with van der Waals surface area (Å²) in [5.74, 6) is -3.34. The lowest BCUT2D eigenvalue weighted by Gasteiger charge is -2.25. The Morgan fingerprint density at radius 3 is 1.39 bits per heavy atom. The van der Waals surface area contributed by atoms with E-state index in [4.69, 9.17) is 61.6 Å². The van der Waals surface area contributed by atoms with E-state index in [0.29, 0.717) is 53.2 Å². The number of carbonyl (C=O) groups is 4. The van der Waals surface area contributed by atoms with Gasteiger partial charge in [-0.25, -0.2) is 19.2 Å². The Bertz CT molecular complexity index is 3170. The van der Waals surface area contributed by atoms with E-state index < -0.39 is 92.4 Å². The van der Waals surface area contributed by atoms with Gasteiger partial charge >= 0.3 is 23.9 Å². The molecule has 21 heteroatoms. The number of esters is 3. The number of aliphatic hydroxyl groups excluding tert-OH is 2. The van der Waals surface area contributed by atoms with E-state index in [-0.39, 0.29) is 48.0 Å². The van der Waals surface area contributed by atoms with Gasteiger partial charge in [-0.15, -0.1) is 0 Å². The summed E-state index contributed by atoms with van der Waals surface area (Å²) in [6, 6.07) is 24.8. The van der Waals surface area contributed by atoms with Crippen LogP contribution in [0.25, 0.3) is 12.2 Å². The summed E-state index contributed by atoms with van der Waals surface area (Å²) < 4.78 is 75.2. The van der Waals surface area contributed by atoms with Crippen LogP contribution in [0.1, 0.15) is 132 Å². The van der Waals surface area contributed by atoms with Crippen LogP contribution in [0, 0.1) is 11.8 Å². The molecule has 0 amide bonds. The third kappa shape index (κ3) is 21.2. The molecule has 2 heterocycles. The summed E-state index contributed by atoms with van der Waals surface area (Å²) in [5, 5.41) is 30.8. The van der Waals surface area contributed by atoms with Crippen LogP contribution in [-0.2, 0) is 42.6 Å². The Hall–Kier alpha value is -7.18. The minimum absolute atomic E-state index is 0.0295. The Balaban J connectivity index is 0.000000263. The predicted octanol–water partition coefficient (Wildman–Crippen LogP) is 12.3. The van der Waals surface area contributed by atoms with E-state index in [1.807, 2.05) is 50.3 Å². The summed E-state index contributed by atoms with van der Waals surface area (Å²) in [4.78, 5) is 52.0. The molecule has 0 bridgehead atoms. The zero-order chi connectivity index (χ0) is 66.6. The quantitative estimate of drug-likeness (QED) is 0.0150. The van der Waals surface area contributed by atoms with Crippen molar-refractivity contribution in [1.82, 2.24) is 0 Å². The second kappa shape index (κ2) is 34.1. The van der Waals surface area contributed by atoms with E-state index in [1.54, 1.807) is 112 Å². The zero-order valence-corrected chi connectivity index (χ0v) is 55.7. The van der Waals surface area contributed by atoms with Gasteiger partial charge in [0.05, 0.1) is 56.4 Å². The van der Waals surface area contributed by atoms with E-state index in [2.05, 4.69) is 19.6 Å². The van der Waals surface area contributed by atoms with Gasteiger partial charge in [-0.05, 0) is 132 Å². The van der Waals surface area contributed by atoms with Gasteiger partial charge in [0, 0.05) is 46.3 Å². The fraction of sp³-hybridized carbons (Fsp3) is 0.493. The molecule has 0 radical (unpaired) electrons. The van der Waals surface area contributed by atoms with Crippen LogP contribution in [0.4, 0.5) is 0 Å². The molecule has 3 N–H and O–H groups in total. The highest BCUT2D eigenvalue weighted by Crippen LogP contribution is 2.39. The number of methoxy groups -OCH3 is 4. The van der Waals surface area contributed by atoms with Gasteiger partial charge in [-0.2, -0.15) is 0 Å². The Labute approximate surface area is 541 Å². The second-order valence-corrected chi connectivity index (χ2v) is 30.8. The lowest BCUT2D eigenvalue weighted by molar-refractivity contribution is -0.153. The number of carbonyl (C=O) groups excluding carboxylic acids is 3. The number of carboxylic acids is 1. The molecule has 4 fully saturated rings. The number of rotatable bonds is 29. The molecule has 500 valence electrons. The average molecular weight is 1290 g/mol. The van der Waals surface area contributed by atoms with Gasteiger partial charge in [-0.1, -0.05) is 105 Å². The molecule has 2 saturated heterocycles. The minimum atomic E-state index is -1.44. The number of benzene rings is 4. The Morgan fingerprint density at radius 2 is 1.01 bits per heavy atom. The van der Waals surface area contributed by atoms with Crippen molar-refractivity contribution in [1.29, 1.82) is 0 Å². The lowest BCUT2D eigenvalue weighted by atomic mass is 9.99. The summed E-state index contributed by atoms with van der Waals surface area (Å²) in [7, 11) is 4.53. The zero-order valence-electron chi connectivity index (χ0n) is 54.7. The minimum Gasteiger partial charge on any atom is -0.497 e. The van der Waals surface area contributed by atoms with Crippen LogP contribution >= 0.6 is 0 Å². The first-order valence-corrected chi connectivity index (χ1v) is 35.0. The van der Waals surface area contributed by atoms with Crippen molar-refractivity contribution in [3.05, 3.63) is 155 Å². The van der Waals surface area contributed by atoms with Gasteiger partial charge < -0.3 is 76.9 Å². The van der Waals surface area contributed by atoms with Crippen molar-refractivity contribution in [2.45, 2.75) is 165 Å². The maximum atomic E-state index is 13.5. The predicted molar refractivity (Wildman–Crippen MR) is 348 cm³/mol. The number of hydrogen-bond donors (Lipinski definition) is 3. The Morgan fingerprint density at radius 1 is 0.587 bits per heavy atom. The maximum absolute atomic E-state index is 13.5. The van der Waals surface area contributed by atoms with Crippen LogP contribution in [0.3, 0.4) is 0 Å². The van der Waals surface area contributed by atoms with Crippen LogP contribution in [0.5, 0.6) is 23.0 Å². The second-order valence-electron chi connectivity index (χ2n) is 25.2. The highest BCUT2D eigenvalue weighted by atomic mass is 28.3. The number of aromatic carboxylic acids is 1. The first-order chi connectivity index (χ1) is 43.9. The molecule has 0 spiro atoms. The van der Waals surface area contributed by atoms with E-state index in [0.717, 1.165) is 44.6 Å². The van der Waals surface area contributed by atoms with Gasteiger partial charge in [0.15, 0.2) is 25.2 Å². The van der Waals surface area contributed by atoms with Crippen molar-refractivity contribution in [3.63, 3.8) is 0 Å². The monoisotopic (exact) mass is 1290 g/mol. The van der Waals surface area contributed by atoms with Gasteiger partial charge in [0.25, 0.3) is 0 Å².